The first kappa shape index (κ1) is 28.0. The van der Waals surface area contributed by atoms with Gasteiger partial charge in [-0.1, -0.05) is 0 Å². The van der Waals surface area contributed by atoms with Crippen LogP contribution in [-0.4, -0.2) is 85.3 Å². The minimum absolute atomic E-state index is 0.396. The fourth-order valence-corrected chi connectivity index (χ4v) is 8.53. The van der Waals surface area contributed by atoms with E-state index in [4.69, 9.17) is 14.5 Å². The molecule has 178 valence electrons. The Morgan fingerprint density at radius 1 is 0.806 bits per heavy atom. The summed E-state index contributed by atoms with van der Waals surface area (Å²) in [6.07, 6.45) is -4.39. The molecular formula is C6H15B2O18P5. The summed E-state index contributed by atoms with van der Waals surface area (Å²) in [5.41, 5.74) is 0. The van der Waals surface area contributed by atoms with E-state index in [0.717, 1.165) is 0 Å². The van der Waals surface area contributed by atoms with E-state index in [1.165, 1.54) is 13.6 Å². The Bertz CT molecular complexity index is 966. The van der Waals surface area contributed by atoms with Crippen LogP contribution in [0.4, 0.5) is 0 Å². The van der Waals surface area contributed by atoms with Crippen molar-refractivity contribution in [3.05, 3.63) is 0 Å². The van der Waals surface area contributed by atoms with Crippen LogP contribution >= 0.6 is 38.9 Å². The number of rotatable bonds is 11. The Kier molecular flexibility index (Phi) is 8.21. The molecule has 1 spiro atoms. The summed E-state index contributed by atoms with van der Waals surface area (Å²) >= 11 is 0. The second-order valence-corrected chi connectivity index (χ2v) is 14.3. The third-order valence-electron chi connectivity index (χ3n) is 3.29. The summed E-state index contributed by atoms with van der Waals surface area (Å²) in [4.78, 5) is 45.9. The summed E-state index contributed by atoms with van der Waals surface area (Å²) in [5.74, 6) is 0. The molecule has 8 unspecified atom stereocenters. The van der Waals surface area contributed by atoms with Crippen molar-refractivity contribution in [1.29, 1.82) is 0 Å². The van der Waals surface area contributed by atoms with Crippen LogP contribution in [0.1, 0.15) is 0 Å². The average Bonchev–Trinajstić information content (AvgIpc) is 3.19. The van der Waals surface area contributed by atoms with Crippen molar-refractivity contribution in [3.63, 3.8) is 0 Å². The topological polar surface area (TPSA) is 282 Å². The number of phosphoric acid groups is 4. The van der Waals surface area contributed by atoms with E-state index in [1.54, 1.807) is 0 Å². The molecular weight excluding hydrogens is 537 g/mol. The first-order chi connectivity index (χ1) is 13.7. The predicted molar refractivity (Wildman–Crippen MR) is 96.5 cm³/mol. The second-order valence-electron chi connectivity index (χ2n) is 6.08. The van der Waals surface area contributed by atoms with Crippen LogP contribution in [0, 0.1) is 0 Å². The third kappa shape index (κ3) is 8.48. The van der Waals surface area contributed by atoms with Crippen molar-refractivity contribution in [2.45, 2.75) is 23.7 Å². The van der Waals surface area contributed by atoms with E-state index in [9.17, 15) is 47.7 Å². The van der Waals surface area contributed by atoms with Gasteiger partial charge < -0.3 is 9.79 Å². The Morgan fingerprint density at radius 2 is 1.23 bits per heavy atom. The summed E-state index contributed by atoms with van der Waals surface area (Å²) in [5, 5.41) is 18.3. The summed E-state index contributed by atoms with van der Waals surface area (Å²) in [7, 11) is -28.2. The summed E-state index contributed by atoms with van der Waals surface area (Å²) in [6.45, 7) is 2.18. The average molecular weight is 552 g/mol. The molecule has 0 aliphatic carbocycles. The molecule has 1 saturated heterocycles. The van der Waals surface area contributed by atoms with Gasteiger partial charge in [0.1, 0.15) is 0 Å². The molecule has 0 bridgehead atoms. The fraction of sp³-hybridized carbons (Fsp3) is 1.00. The Hall–Kier alpha value is 0.760. The molecule has 0 amide bonds. The van der Waals surface area contributed by atoms with Gasteiger partial charge in [-0.2, -0.15) is 0 Å². The number of hydrogen-bond acceptors (Lipinski definition) is 13. The van der Waals surface area contributed by atoms with Crippen molar-refractivity contribution in [3.8, 4) is 0 Å². The van der Waals surface area contributed by atoms with E-state index in [-0.39, 0.29) is 0 Å². The van der Waals surface area contributed by atoms with Crippen LogP contribution < -0.4 is 0 Å². The van der Waals surface area contributed by atoms with E-state index >= 15 is 0 Å². The first-order valence-electron chi connectivity index (χ1n) is 7.52. The molecule has 2 aliphatic rings. The maximum atomic E-state index is 11.8. The molecule has 31 heavy (non-hydrogen) atoms. The van der Waals surface area contributed by atoms with Gasteiger partial charge in [-0.25, -0.2) is 8.88 Å². The zero-order valence-electron chi connectivity index (χ0n) is 15.0. The zero-order chi connectivity index (χ0) is 24.1. The van der Waals surface area contributed by atoms with Gasteiger partial charge >= 0.3 is 144 Å². The van der Waals surface area contributed by atoms with Crippen LogP contribution in [0.15, 0.2) is 0 Å². The molecule has 0 saturated carbocycles. The molecule has 2 rings (SSSR count). The van der Waals surface area contributed by atoms with Gasteiger partial charge in [-0.3, -0.25) is 4.57 Å². The SMILES string of the molecule is CP(=O)(O)OP(=O)(O)OP(=O)(O)OP(=O)(O)OP(=O)(O)OCC1OC2(B=B2)C(O)C1O. The van der Waals surface area contributed by atoms with E-state index in [0.29, 0.717) is 6.66 Å². The van der Waals surface area contributed by atoms with Gasteiger partial charge in [0.05, 0.1) is 0 Å². The van der Waals surface area contributed by atoms with Gasteiger partial charge in [-0.15, -0.1) is 0 Å². The molecule has 0 aromatic heterocycles. The summed E-state index contributed by atoms with van der Waals surface area (Å²) in [6, 6.07) is 0. The van der Waals surface area contributed by atoms with Crippen molar-refractivity contribution < 1.29 is 84.0 Å². The normalized spacial score (nSPS) is 33.7. The van der Waals surface area contributed by atoms with Crippen LogP contribution in [-0.2, 0) is 49.3 Å². The number of hydrogen-bond donors (Lipinski definition) is 7. The van der Waals surface area contributed by atoms with Crippen molar-refractivity contribution in [2.24, 2.45) is 0 Å². The fourth-order valence-electron chi connectivity index (χ4n) is 2.18. The van der Waals surface area contributed by atoms with Crippen LogP contribution in [0.2, 0.25) is 0 Å². The van der Waals surface area contributed by atoms with Gasteiger partial charge in [0.25, 0.3) is 0 Å². The van der Waals surface area contributed by atoms with Crippen molar-refractivity contribution in [1.82, 2.24) is 0 Å². The first-order valence-corrected chi connectivity index (χ1v) is 15.5. The third-order valence-corrected chi connectivity index (χ3v) is 10.8. The molecule has 0 aromatic rings. The quantitative estimate of drug-likeness (QED) is 0.112. The molecule has 8 atom stereocenters. The van der Waals surface area contributed by atoms with Gasteiger partial charge in [0.15, 0.2) is 0 Å². The molecule has 18 nitrogen and oxygen atoms in total. The Balaban J connectivity index is 1.94. The molecule has 2 aliphatic heterocycles. The standard InChI is InChI=1S/C6H15B2O18P5/c1-27(11,12)23-29(15,16)25-31(19,20)26-30(17,18)24-28(13,14)21-2-3-4(9)5(10)6(22-3)7-8-6/h3-5,9-10H,2H2,1H3,(H,11,12)(H,13,14)(H,15,16)(H,17,18)(H,19,20). The van der Waals surface area contributed by atoms with E-state index in [1.807, 2.05) is 0 Å². The van der Waals surface area contributed by atoms with Gasteiger partial charge in [0, 0.05) is 6.66 Å². The number of ether oxygens (including phenoxy) is 1. The molecule has 2 heterocycles. The Labute approximate surface area is 174 Å². The van der Waals surface area contributed by atoms with Crippen LogP contribution in [0.5, 0.6) is 0 Å². The maximum absolute atomic E-state index is 11.8. The van der Waals surface area contributed by atoms with Gasteiger partial charge in [-0.05, 0) is 0 Å². The monoisotopic (exact) mass is 552 g/mol. The molecule has 0 aromatic carbocycles. The van der Waals surface area contributed by atoms with Gasteiger partial charge in [0.2, 0.25) is 0 Å². The van der Waals surface area contributed by atoms with Crippen molar-refractivity contribution >= 4 is 52.5 Å². The minimum atomic E-state index is -6.08. The molecule has 0 radical (unpaired) electrons. The molecule has 1 fully saturated rings. The van der Waals surface area contributed by atoms with Crippen molar-refractivity contribution in [2.75, 3.05) is 13.3 Å². The number of aliphatic hydroxyl groups excluding tert-OH is 2. The van der Waals surface area contributed by atoms with E-state index in [2.05, 4.69) is 21.8 Å². The zero-order valence-corrected chi connectivity index (χ0v) is 19.4. The number of aliphatic hydroxyl groups is 2. The number of phosphoric ester groups is 1. The van der Waals surface area contributed by atoms with Crippen LogP contribution in [0.25, 0.3) is 0 Å². The Morgan fingerprint density at radius 3 is 1.61 bits per heavy atom. The molecule has 25 heteroatoms. The summed E-state index contributed by atoms with van der Waals surface area (Å²) < 4.78 is 81.1. The van der Waals surface area contributed by atoms with Crippen LogP contribution in [0.3, 0.4) is 0 Å². The second kappa shape index (κ2) is 9.08. The molecule has 7 N–H and O–H groups in total. The predicted octanol–water partition coefficient (Wildman–Crippen LogP) is -1.60. The van der Waals surface area contributed by atoms with E-state index < -0.39 is 69.2 Å².